The van der Waals surface area contributed by atoms with Gasteiger partial charge in [-0.2, -0.15) is 0 Å². The number of nitrogens with zero attached hydrogens (tertiary/aromatic N) is 2. The third kappa shape index (κ3) is 6.27. The van der Waals surface area contributed by atoms with E-state index in [0.29, 0.717) is 47.5 Å². The highest BCUT2D eigenvalue weighted by Gasteiger charge is 2.48. The first-order chi connectivity index (χ1) is 19.7. The van der Waals surface area contributed by atoms with Gasteiger partial charge in [-0.05, 0) is 50.8 Å². The van der Waals surface area contributed by atoms with E-state index in [4.69, 9.17) is 14.2 Å². The average Bonchev–Trinajstić information content (AvgIpc) is 3.46. The Morgan fingerprint density at radius 2 is 1.78 bits per heavy atom. The number of aryl methyl sites for hydroxylation is 1. The molecule has 1 fully saturated rings. The molecule has 1 aliphatic rings. The van der Waals surface area contributed by atoms with Crippen LogP contribution in [0.4, 0.5) is 5.13 Å². The van der Waals surface area contributed by atoms with Gasteiger partial charge in [0.2, 0.25) is 0 Å². The van der Waals surface area contributed by atoms with E-state index in [2.05, 4.69) is 18.8 Å². The topological polar surface area (TPSA) is 115 Å². The van der Waals surface area contributed by atoms with Crippen LogP contribution in [0.15, 0.2) is 54.1 Å². The monoisotopic (exact) mass is 578 g/mol. The number of aliphatic hydroxyl groups is 1. The molecule has 1 aliphatic heterocycles. The zero-order valence-electron chi connectivity index (χ0n) is 23.8. The molecule has 2 heterocycles. The second-order valence-electron chi connectivity index (χ2n) is 9.84. The summed E-state index contributed by atoms with van der Waals surface area (Å²) >= 11 is 0.957. The quantitative estimate of drug-likeness (QED) is 0.126. The van der Waals surface area contributed by atoms with Gasteiger partial charge in [-0.15, -0.1) is 0 Å². The molecule has 10 heteroatoms. The molecule has 0 saturated carbocycles. The molecule has 1 atom stereocenters. The van der Waals surface area contributed by atoms with Crippen LogP contribution >= 0.6 is 11.3 Å². The van der Waals surface area contributed by atoms with Crippen LogP contribution in [0.2, 0.25) is 0 Å². The van der Waals surface area contributed by atoms with E-state index in [0.717, 1.165) is 17.8 Å². The normalized spacial score (nSPS) is 16.3. The molecule has 4 rings (SSSR count). The lowest BCUT2D eigenvalue weighted by atomic mass is 9.95. The number of anilines is 1. The molecule has 0 radical (unpaired) electrons. The van der Waals surface area contributed by atoms with Gasteiger partial charge in [-0.3, -0.25) is 14.5 Å². The van der Waals surface area contributed by atoms with Gasteiger partial charge in [0.05, 0.1) is 37.1 Å². The van der Waals surface area contributed by atoms with E-state index in [1.165, 1.54) is 4.90 Å². The van der Waals surface area contributed by atoms with E-state index in [9.17, 15) is 19.5 Å². The summed E-state index contributed by atoms with van der Waals surface area (Å²) in [6.07, 6.45) is 0.858. The van der Waals surface area contributed by atoms with Crippen LogP contribution in [0.3, 0.4) is 0 Å². The second kappa shape index (κ2) is 13.0. The number of rotatable bonds is 11. The number of amides is 1. The van der Waals surface area contributed by atoms with Crippen LogP contribution < -0.4 is 14.4 Å². The van der Waals surface area contributed by atoms with Crippen molar-refractivity contribution in [1.82, 2.24) is 4.98 Å². The van der Waals surface area contributed by atoms with E-state index in [1.54, 1.807) is 62.4 Å². The van der Waals surface area contributed by atoms with Crippen molar-refractivity contribution in [2.75, 3.05) is 24.7 Å². The molecule has 1 unspecified atom stereocenters. The summed E-state index contributed by atoms with van der Waals surface area (Å²) in [4.78, 5) is 45.5. The van der Waals surface area contributed by atoms with Gasteiger partial charge in [0, 0.05) is 5.56 Å². The minimum absolute atomic E-state index is 0.0948. The van der Waals surface area contributed by atoms with Crippen LogP contribution in [-0.4, -0.2) is 47.6 Å². The maximum Gasteiger partial charge on any atom is 0.350 e. The summed E-state index contributed by atoms with van der Waals surface area (Å²) in [5, 5.41) is 11.5. The Morgan fingerprint density at radius 3 is 2.44 bits per heavy atom. The first-order valence-electron chi connectivity index (χ1n) is 13.6. The summed E-state index contributed by atoms with van der Waals surface area (Å²) in [5.41, 5.74) is 1.17. The van der Waals surface area contributed by atoms with Gasteiger partial charge in [-0.25, -0.2) is 9.78 Å². The molecule has 41 heavy (non-hydrogen) atoms. The number of hydrogen-bond acceptors (Lipinski definition) is 9. The van der Waals surface area contributed by atoms with Crippen molar-refractivity contribution in [3.8, 4) is 11.5 Å². The lowest BCUT2D eigenvalue weighted by molar-refractivity contribution is -0.132. The highest BCUT2D eigenvalue weighted by Crippen LogP contribution is 2.45. The number of Topliss-reactive ketones (excluding diaryl/α,β-unsaturated/α-hetero) is 1. The summed E-state index contributed by atoms with van der Waals surface area (Å²) in [5.74, 6) is -1.17. The number of carbonyl (C=O) groups excluding carboxylic acids is 3. The largest absolute Gasteiger partial charge is 0.507 e. The fourth-order valence-electron chi connectivity index (χ4n) is 4.45. The van der Waals surface area contributed by atoms with Crippen LogP contribution in [0.25, 0.3) is 5.76 Å². The molecule has 1 saturated heterocycles. The van der Waals surface area contributed by atoms with Crippen LogP contribution in [0, 0.1) is 12.8 Å². The molecular weight excluding hydrogens is 544 g/mol. The van der Waals surface area contributed by atoms with Crippen molar-refractivity contribution < 1.29 is 33.7 Å². The Hall–Kier alpha value is -4.18. The number of esters is 1. The van der Waals surface area contributed by atoms with Gasteiger partial charge < -0.3 is 19.3 Å². The fraction of sp³-hybridized carbons (Fsp3) is 0.355. The van der Waals surface area contributed by atoms with Crippen LogP contribution in [-0.2, 0) is 14.3 Å². The minimum atomic E-state index is -1.04. The molecule has 1 aromatic heterocycles. The Bertz CT molecular complexity index is 1460. The highest BCUT2D eigenvalue weighted by molar-refractivity contribution is 7.17. The number of thiazole rings is 1. The highest BCUT2D eigenvalue weighted by atomic mass is 32.1. The first kappa shape index (κ1) is 29.8. The van der Waals surface area contributed by atoms with Crippen molar-refractivity contribution in [2.45, 2.75) is 47.1 Å². The number of ketones is 1. The Kier molecular flexibility index (Phi) is 9.44. The second-order valence-corrected chi connectivity index (χ2v) is 10.8. The van der Waals surface area contributed by atoms with Crippen molar-refractivity contribution in [3.63, 3.8) is 0 Å². The van der Waals surface area contributed by atoms with Crippen molar-refractivity contribution in [3.05, 3.63) is 75.8 Å². The van der Waals surface area contributed by atoms with Crippen molar-refractivity contribution in [1.29, 1.82) is 0 Å². The Labute approximate surface area is 243 Å². The van der Waals surface area contributed by atoms with E-state index in [-0.39, 0.29) is 27.9 Å². The van der Waals surface area contributed by atoms with E-state index in [1.807, 2.05) is 6.92 Å². The van der Waals surface area contributed by atoms with Gasteiger partial charge >= 0.3 is 11.9 Å². The molecule has 2 aromatic carbocycles. The summed E-state index contributed by atoms with van der Waals surface area (Å²) in [6, 6.07) is 12.7. The first-order valence-corrected chi connectivity index (χ1v) is 14.4. The number of aliphatic hydroxyl groups excluding tert-OH is 1. The minimum Gasteiger partial charge on any atom is -0.507 e. The third-order valence-corrected chi connectivity index (χ3v) is 7.62. The van der Waals surface area contributed by atoms with Gasteiger partial charge in [0.1, 0.15) is 10.6 Å². The SMILES string of the molecule is CCOC(=O)c1sc(N2C(=O)C(=O)C(=C(O)c3ccccc3)C2c2ccc(OCCC(C)C)c(OCC)c2)nc1C. The predicted octanol–water partition coefficient (Wildman–Crippen LogP) is 6.08. The van der Waals surface area contributed by atoms with Gasteiger partial charge in [0.25, 0.3) is 5.78 Å². The Morgan fingerprint density at radius 1 is 1.05 bits per heavy atom. The molecule has 0 aliphatic carbocycles. The zero-order valence-corrected chi connectivity index (χ0v) is 24.6. The van der Waals surface area contributed by atoms with Crippen LogP contribution in [0.1, 0.15) is 66.7 Å². The predicted molar refractivity (Wildman–Crippen MR) is 157 cm³/mol. The number of carbonyl (C=O) groups is 3. The average molecular weight is 579 g/mol. The number of hydrogen-bond donors (Lipinski definition) is 1. The molecule has 3 aromatic rings. The fourth-order valence-corrected chi connectivity index (χ4v) is 5.44. The maximum atomic E-state index is 13.6. The summed E-state index contributed by atoms with van der Waals surface area (Å²) in [6.45, 7) is 10.4. The number of benzene rings is 2. The van der Waals surface area contributed by atoms with E-state index >= 15 is 0 Å². The third-order valence-electron chi connectivity index (χ3n) is 6.48. The van der Waals surface area contributed by atoms with Crippen molar-refractivity contribution >= 4 is 39.9 Å². The molecule has 0 bridgehead atoms. The summed E-state index contributed by atoms with van der Waals surface area (Å²) < 4.78 is 17.0. The molecule has 1 amide bonds. The van der Waals surface area contributed by atoms with Gasteiger partial charge in [-0.1, -0.05) is 61.6 Å². The lowest BCUT2D eigenvalue weighted by Gasteiger charge is -2.24. The van der Waals surface area contributed by atoms with Crippen LogP contribution in [0.5, 0.6) is 11.5 Å². The van der Waals surface area contributed by atoms with Crippen molar-refractivity contribution in [2.24, 2.45) is 5.92 Å². The summed E-state index contributed by atoms with van der Waals surface area (Å²) in [7, 11) is 0. The molecule has 9 nitrogen and oxygen atoms in total. The molecule has 216 valence electrons. The molecular formula is C31H34N2O7S. The lowest BCUT2D eigenvalue weighted by Crippen LogP contribution is -2.29. The Balaban J connectivity index is 1.88. The maximum absolute atomic E-state index is 13.6. The zero-order chi connectivity index (χ0) is 29.7. The van der Waals surface area contributed by atoms with E-state index < -0.39 is 23.7 Å². The number of ether oxygens (including phenoxy) is 3. The standard InChI is InChI=1S/C31H34N2O7S/c1-6-38-23-17-21(13-14-22(23)40-16-15-18(3)4)25-24(26(34)20-11-9-8-10-12-20)27(35)29(36)33(25)31-32-19(5)28(41-31)30(37)39-7-2/h8-14,17-18,25,34H,6-7,15-16H2,1-5H3. The molecule has 0 spiro atoms. The number of aromatic nitrogens is 1. The van der Waals surface area contributed by atoms with Gasteiger partial charge in [0.15, 0.2) is 16.6 Å². The smallest absolute Gasteiger partial charge is 0.350 e. The molecule has 1 N–H and O–H groups in total.